The van der Waals surface area contributed by atoms with E-state index in [1.165, 1.54) is 0 Å². The molecule has 0 amide bonds. The van der Waals surface area contributed by atoms with E-state index in [1.54, 1.807) is 54.6 Å². The fourth-order valence-electron chi connectivity index (χ4n) is 3.27. The number of rotatable bonds is 5. The van der Waals surface area contributed by atoms with E-state index in [4.69, 9.17) is 10.3 Å². The van der Waals surface area contributed by atoms with Crippen molar-refractivity contribution in [3.05, 3.63) is 60.4 Å². The third kappa shape index (κ3) is 3.58. The minimum absolute atomic E-state index is 0.209. The Balaban J connectivity index is 1.52. The summed E-state index contributed by atoms with van der Waals surface area (Å²) in [6, 6.07) is 15.0. The molecule has 4 rings (SSSR count). The van der Waals surface area contributed by atoms with Crippen molar-refractivity contribution in [2.24, 2.45) is 5.73 Å². The van der Waals surface area contributed by atoms with E-state index in [9.17, 15) is 8.42 Å². The minimum atomic E-state index is -3.62. The van der Waals surface area contributed by atoms with Crippen molar-refractivity contribution < 1.29 is 12.9 Å². The number of hydrogen-bond acceptors (Lipinski definition) is 6. The molecule has 3 aromatic rings. The molecule has 0 atom stereocenters. The van der Waals surface area contributed by atoms with Crippen LogP contribution in [0.5, 0.6) is 0 Å². The van der Waals surface area contributed by atoms with Crippen molar-refractivity contribution in [2.45, 2.75) is 36.1 Å². The lowest BCUT2D eigenvalue weighted by molar-refractivity contribution is 0.372. The largest absolute Gasteiger partial charge is 0.334 e. The van der Waals surface area contributed by atoms with E-state index < -0.39 is 15.6 Å². The highest BCUT2D eigenvalue weighted by molar-refractivity contribution is 7.92. The van der Waals surface area contributed by atoms with Crippen LogP contribution in [0.25, 0.3) is 11.5 Å². The molecule has 1 fully saturated rings. The second kappa shape index (κ2) is 6.79. The van der Waals surface area contributed by atoms with Gasteiger partial charge in [-0.15, -0.1) is 0 Å². The first kappa shape index (κ1) is 17.7. The monoisotopic (exact) mass is 384 g/mol. The summed E-state index contributed by atoms with van der Waals surface area (Å²) in [5, 5.41) is 4.05. The highest BCUT2D eigenvalue weighted by Crippen LogP contribution is 2.35. The van der Waals surface area contributed by atoms with Gasteiger partial charge in [-0.05, 0) is 49.2 Å². The van der Waals surface area contributed by atoms with Crippen molar-refractivity contribution in [1.82, 2.24) is 10.1 Å². The van der Waals surface area contributed by atoms with Gasteiger partial charge in [0.15, 0.2) is 5.82 Å². The van der Waals surface area contributed by atoms with Gasteiger partial charge in [-0.2, -0.15) is 4.98 Å². The zero-order chi connectivity index (χ0) is 18.9. The van der Waals surface area contributed by atoms with Crippen LogP contribution in [0.15, 0.2) is 64.0 Å². The minimum Gasteiger partial charge on any atom is -0.334 e. The SMILES string of the molecule is NC1(c2noc(-c3ccc(NS(=O)(=O)c4ccccc4)cc3)n2)CCCC1. The normalized spacial score (nSPS) is 16.3. The molecule has 0 aliphatic heterocycles. The standard InChI is InChI=1S/C19H20N4O3S/c20-19(12-4-5-13-19)18-21-17(26-22-18)14-8-10-15(11-9-14)23-27(24,25)16-6-2-1-3-7-16/h1-3,6-11,23H,4-5,12-13,20H2. The third-order valence-electron chi connectivity index (χ3n) is 4.80. The Morgan fingerprint density at radius 3 is 2.33 bits per heavy atom. The third-order valence-corrected chi connectivity index (χ3v) is 6.20. The second-order valence-corrected chi connectivity index (χ2v) is 8.46. The number of aromatic nitrogens is 2. The van der Waals surface area contributed by atoms with Crippen LogP contribution in [0.2, 0.25) is 0 Å². The highest BCUT2D eigenvalue weighted by atomic mass is 32.2. The molecule has 0 radical (unpaired) electrons. The smallest absolute Gasteiger partial charge is 0.261 e. The van der Waals surface area contributed by atoms with Gasteiger partial charge in [0.2, 0.25) is 0 Å². The summed E-state index contributed by atoms with van der Waals surface area (Å²) in [4.78, 5) is 4.65. The molecule has 0 unspecified atom stereocenters. The fourth-order valence-corrected chi connectivity index (χ4v) is 4.35. The van der Waals surface area contributed by atoms with Gasteiger partial charge in [-0.1, -0.05) is 36.2 Å². The maximum Gasteiger partial charge on any atom is 0.261 e. The van der Waals surface area contributed by atoms with Gasteiger partial charge >= 0.3 is 0 Å². The maximum absolute atomic E-state index is 12.4. The number of sulfonamides is 1. The summed E-state index contributed by atoms with van der Waals surface area (Å²) < 4.78 is 32.7. The van der Waals surface area contributed by atoms with Crippen LogP contribution in [0.1, 0.15) is 31.5 Å². The van der Waals surface area contributed by atoms with Gasteiger partial charge in [0.25, 0.3) is 15.9 Å². The van der Waals surface area contributed by atoms with E-state index in [1.807, 2.05) is 0 Å². The number of nitrogens with one attached hydrogen (secondary N) is 1. The average molecular weight is 384 g/mol. The molecule has 140 valence electrons. The van der Waals surface area contributed by atoms with E-state index in [-0.39, 0.29) is 4.90 Å². The zero-order valence-electron chi connectivity index (χ0n) is 14.6. The summed E-state index contributed by atoms with van der Waals surface area (Å²) in [5.41, 5.74) is 7.01. The number of nitrogens with zero attached hydrogens (tertiary/aromatic N) is 2. The Labute approximate surface area is 157 Å². The van der Waals surface area contributed by atoms with Crippen LogP contribution < -0.4 is 10.5 Å². The van der Waals surface area contributed by atoms with Crippen molar-refractivity contribution in [3.8, 4) is 11.5 Å². The number of nitrogens with two attached hydrogens (primary N) is 1. The van der Waals surface area contributed by atoms with Gasteiger partial charge in [0.05, 0.1) is 10.4 Å². The first-order valence-electron chi connectivity index (χ1n) is 8.78. The lowest BCUT2D eigenvalue weighted by atomic mass is 9.99. The quantitative estimate of drug-likeness (QED) is 0.698. The van der Waals surface area contributed by atoms with Crippen LogP contribution in [0, 0.1) is 0 Å². The molecule has 1 heterocycles. The van der Waals surface area contributed by atoms with Crippen LogP contribution in [0.3, 0.4) is 0 Å². The van der Waals surface area contributed by atoms with Crippen molar-refractivity contribution in [3.63, 3.8) is 0 Å². The molecule has 8 heteroatoms. The first-order chi connectivity index (χ1) is 13.0. The topological polar surface area (TPSA) is 111 Å². The van der Waals surface area contributed by atoms with Gasteiger partial charge in [0, 0.05) is 11.3 Å². The lowest BCUT2D eigenvalue weighted by Crippen LogP contribution is -2.34. The summed E-state index contributed by atoms with van der Waals surface area (Å²) in [7, 11) is -3.62. The van der Waals surface area contributed by atoms with E-state index in [2.05, 4.69) is 14.9 Å². The molecule has 1 aromatic heterocycles. The van der Waals surface area contributed by atoms with E-state index in [0.717, 1.165) is 25.7 Å². The van der Waals surface area contributed by atoms with E-state index >= 15 is 0 Å². The Morgan fingerprint density at radius 2 is 1.67 bits per heavy atom. The molecule has 0 bridgehead atoms. The van der Waals surface area contributed by atoms with Crippen molar-refractivity contribution in [2.75, 3.05) is 4.72 Å². The molecule has 1 aliphatic rings. The molecule has 0 spiro atoms. The Kier molecular flexibility index (Phi) is 4.45. The number of hydrogen-bond donors (Lipinski definition) is 2. The molecule has 1 saturated carbocycles. The van der Waals surface area contributed by atoms with Gasteiger partial charge in [-0.3, -0.25) is 4.72 Å². The Morgan fingerprint density at radius 1 is 1.00 bits per heavy atom. The highest BCUT2D eigenvalue weighted by Gasteiger charge is 2.36. The maximum atomic E-state index is 12.4. The molecule has 3 N–H and O–H groups in total. The summed E-state index contributed by atoms with van der Waals surface area (Å²) in [6.07, 6.45) is 3.84. The summed E-state index contributed by atoms with van der Waals surface area (Å²) in [5.74, 6) is 0.906. The molecule has 1 aliphatic carbocycles. The molecule has 2 aromatic carbocycles. The molecule has 27 heavy (non-hydrogen) atoms. The van der Waals surface area contributed by atoms with Gasteiger partial charge < -0.3 is 10.3 Å². The predicted molar refractivity (Wildman–Crippen MR) is 101 cm³/mol. The first-order valence-corrected chi connectivity index (χ1v) is 10.3. The predicted octanol–water partition coefficient (Wildman–Crippen LogP) is 3.27. The summed E-state index contributed by atoms with van der Waals surface area (Å²) >= 11 is 0. The fraction of sp³-hybridized carbons (Fsp3) is 0.263. The van der Waals surface area contributed by atoms with Gasteiger partial charge in [-0.25, -0.2) is 8.42 Å². The molecule has 7 nitrogen and oxygen atoms in total. The number of anilines is 1. The van der Waals surface area contributed by atoms with Crippen molar-refractivity contribution in [1.29, 1.82) is 0 Å². The van der Waals surface area contributed by atoms with Gasteiger partial charge in [0.1, 0.15) is 0 Å². The lowest BCUT2D eigenvalue weighted by Gasteiger charge is -2.17. The zero-order valence-corrected chi connectivity index (χ0v) is 15.4. The number of benzene rings is 2. The molecular weight excluding hydrogens is 364 g/mol. The average Bonchev–Trinajstić information content (AvgIpc) is 3.33. The Hall–Kier alpha value is -2.71. The second-order valence-electron chi connectivity index (χ2n) is 6.78. The Bertz CT molecular complexity index is 1020. The van der Waals surface area contributed by atoms with Crippen LogP contribution >= 0.6 is 0 Å². The van der Waals surface area contributed by atoms with Crippen LogP contribution in [-0.2, 0) is 15.6 Å². The molecule has 0 saturated heterocycles. The molecular formula is C19H20N4O3S. The summed E-state index contributed by atoms with van der Waals surface area (Å²) in [6.45, 7) is 0. The van der Waals surface area contributed by atoms with Crippen LogP contribution in [-0.4, -0.2) is 18.6 Å². The van der Waals surface area contributed by atoms with E-state index in [0.29, 0.717) is 23.0 Å². The van der Waals surface area contributed by atoms with Crippen molar-refractivity contribution >= 4 is 15.7 Å². The van der Waals surface area contributed by atoms with Crippen LogP contribution in [0.4, 0.5) is 5.69 Å².